The molecule has 1 aromatic rings. The van der Waals surface area contributed by atoms with Crippen LogP contribution in [0.5, 0.6) is 0 Å². The average molecular weight is 236 g/mol. The van der Waals surface area contributed by atoms with E-state index in [9.17, 15) is 10.0 Å². The van der Waals surface area contributed by atoms with Gasteiger partial charge in [0.1, 0.15) is 0 Å². The fraction of sp³-hybridized carbons (Fsp3) is 0.643. The van der Waals surface area contributed by atoms with Gasteiger partial charge in [0.25, 0.3) is 0 Å². The molecule has 0 aliphatic heterocycles. The third-order valence-electron chi connectivity index (χ3n) is 2.72. The molecule has 0 amide bonds. The molecule has 3 nitrogen and oxygen atoms in total. The van der Waals surface area contributed by atoms with Crippen LogP contribution in [-0.2, 0) is 6.42 Å². The van der Waals surface area contributed by atoms with Crippen molar-refractivity contribution >= 4 is 0 Å². The fourth-order valence-electron chi connectivity index (χ4n) is 2.37. The number of pyridine rings is 1. The van der Waals surface area contributed by atoms with Crippen molar-refractivity contribution in [2.75, 3.05) is 0 Å². The molecule has 1 heterocycles. The topological polar surface area (TPSA) is 45.1 Å². The minimum Gasteiger partial charge on any atom is -0.803 e. The second-order valence-electron chi connectivity index (χ2n) is 6.23. The molecule has 1 aromatic heterocycles. The van der Waals surface area contributed by atoms with E-state index >= 15 is 0 Å². The Morgan fingerprint density at radius 3 is 2.47 bits per heavy atom. The standard InChI is InChI=1S/C14H22NO2/c1-10-6-12(15(17)13(16)8-10)7-11(2)9-14(3,4)5/h6,8,11H,7,9H2,1-5H3/q-1. The first-order valence-corrected chi connectivity index (χ1v) is 6.09. The van der Waals surface area contributed by atoms with Crippen molar-refractivity contribution < 1.29 is 0 Å². The molecule has 1 rings (SSSR count). The molecule has 3 heteroatoms. The van der Waals surface area contributed by atoms with Crippen LogP contribution < -0.4 is 5.56 Å². The van der Waals surface area contributed by atoms with E-state index in [-0.39, 0.29) is 5.41 Å². The van der Waals surface area contributed by atoms with Gasteiger partial charge in [-0.15, -0.1) is 0 Å². The highest BCUT2D eigenvalue weighted by molar-refractivity contribution is 5.17. The van der Waals surface area contributed by atoms with Crippen molar-refractivity contribution in [3.05, 3.63) is 39.0 Å². The number of hydrogen-bond donors (Lipinski definition) is 0. The van der Waals surface area contributed by atoms with E-state index in [1.54, 1.807) is 0 Å². The third-order valence-corrected chi connectivity index (χ3v) is 2.72. The number of aryl methyl sites for hydroxylation is 1. The van der Waals surface area contributed by atoms with Gasteiger partial charge in [-0.3, -0.25) is 4.79 Å². The molecule has 0 N–H and O–H groups in total. The largest absolute Gasteiger partial charge is 0.803 e. The molecule has 17 heavy (non-hydrogen) atoms. The number of nitrogens with zero attached hydrogens (tertiary/aromatic N) is 1. The maximum atomic E-state index is 11.6. The number of rotatable bonds is 3. The summed E-state index contributed by atoms with van der Waals surface area (Å²) in [6.45, 7) is 10.5. The van der Waals surface area contributed by atoms with Crippen LogP contribution >= 0.6 is 0 Å². The Kier molecular flexibility index (Phi) is 4.02. The van der Waals surface area contributed by atoms with E-state index in [0.717, 1.165) is 12.0 Å². The van der Waals surface area contributed by atoms with Crippen LogP contribution in [0, 0.1) is 23.5 Å². The fourth-order valence-corrected chi connectivity index (χ4v) is 2.37. The van der Waals surface area contributed by atoms with Gasteiger partial charge in [-0.25, -0.2) is 0 Å². The lowest BCUT2D eigenvalue weighted by Crippen LogP contribution is -2.21. The zero-order valence-corrected chi connectivity index (χ0v) is 11.4. The summed E-state index contributed by atoms with van der Waals surface area (Å²) >= 11 is 0. The summed E-state index contributed by atoms with van der Waals surface area (Å²) in [4.78, 5) is 11.4. The monoisotopic (exact) mass is 236 g/mol. The Balaban J connectivity index is 2.85. The number of hydrogen-bond acceptors (Lipinski definition) is 2. The summed E-state index contributed by atoms with van der Waals surface area (Å²) < 4.78 is 0.520. The summed E-state index contributed by atoms with van der Waals surface area (Å²) in [5.41, 5.74) is 1.24. The Labute approximate surface area is 103 Å². The molecular formula is C14H22NO2-. The summed E-state index contributed by atoms with van der Waals surface area (Å²) in [5, 5.41) is 11.6. The van der Waals surface area contributed by atoms with Crippen LogP contribution in [-0.4, -0.2) is 4.73 Å². The number of aromatic nitrogens is 1. The first-order chi connectivity index (χ1) is 7.69. The molecule has 0 saturated heterocycles. The normalized spacial score (nSPS) is 13.7. The summed E-state index contributed by atoms with van der Waals surface area (Å²) in [7, 11) is 0. The lowest BCUT2D eigenvalue weighted by molar-refractivity contribution is 0.304. The van der Waals surface area contributed by atoms with E-state index in [1.807, 2.05) is 13.0 Å². The molecule has 0 aliphatic carbocycles. The Bertz CT molecular complexity index is 441. The lowest BCUT2D eigenvalue weighted by Gasteiger charge is -2.25. The zero-order chi connectivity index (χ0) is 13.2. The highest BCUT2D eigenvalue weighted by Crippen LogP contribution is 2.26. The molecule has 0 fully saturated rings. The van der Waals surface area contributed by atoms with Crippen molar-refractivity contribution in [3.63, 3.8) is 0 Å². The van der Waals surface area contributed by atoms with Crippen molar-refractivity contribution in [3.8, 4) is 0 Å². The van der Waals surface area contributed by atoms with E-state index in [4.69, 9.17) is 0 Å². The van der Waals surface area contributed by atoms with Gasteiger partial charge in [-0.05, 0) is 42.7 Å². The van der Waals surface area contributed by atoms with Gasteiger partial charge in [0.15, 0.2) is 0 Å². The van der Waals surface area contributed by atoms with Crippen LogP contribution in [0.15, 0.2) is 16.9 Å². The van der Waals surface area contributed by atoms with E-state index in [1.165, 1.54) is 6.07 Å². The Morgan fingerprint density at radius 1 is 1.35 bits per heavy atom. The lowest BCUT2D eigenvalue weighted by atomic mass is 9.83. The molecule has 0 saturated carbocycles. The predicted molar refractivity (Wildman–Crippen MR) is 71.1 cm³/mol. The third kappa shape index (κ3) is 4.25. The maximum Gasteiger partial charge on any atom is 0.246 e. The molecule has 96 valence electrons. The van der Waals surface area contributed by atoms with Crippen LogP contribution in [0.2, 0.25) is 0 Å². The van der Waals surface area contributed by atoms with E-state index in [0.29, 0.717) is 22.8 Å². The van der Waals surface area contributed by atoms with E-state index in [2.05, 4.69) is 27.7 Å². The van der Waals surface area contributed by atoms with Crippen molar-refractivity contribution in [1.29, 1.82) is 0 Å². The Hall–Kier alpha value is -1.25. The minimum absolute atomic E-state index is 0.247. The summed E-state index contributed by atoms with van der Waals surface area (Å²) in [5.74, 6) is 0.399. The molecule has 0 bridgehead atoms. The smallest absolute Gasteiger partial charge is 0.246 e. The predicted octanol–water partition coefficient (Wildman–Crippen LogP) is 3.12. The highest BCUT2D eigenvalue weighted by Gasteiger charge is 2.16. The second kappa shape index (κ2) is 4.94. The zero-order valence-electron chi connectivity index (χ0n) is 11.4. The molecule has 1 unspecified atom stereocenters. The van der Waals surface area contributed by atoms with Crippen LogP contribution in [0.1, 0.15) is 45.4 Å². The quantitative estimate of drug-likeness (QED) is 0.809. The van der Waals surface area contributed by atoms with Crippen molar-refractivity contribution in [2.45, 2.75) is 47.5 Å². The molecular weight excluding hydrogens is 214 g/mol. The van der Waals surface area contributed by atoms with E-state index < -0.39 is 5.56 Å². The van der Waals surface area contributed by atoms with Crippen molar-refractivity contribution in [2.24, 2.45) is 11.3 Å². The van der Waals surface area contributed by atoms with Crippen LogP contribution in [0.4, 0.5) is 0 Å². The van der Waals surface area contributed by atoms with Gasteiger partial charge in [0, 0.05) is 11.8 Å². The second-order valence-corrected chi connectivity index (χ2v) is 6.23. The molecule has 1 atom stereocenters. The van der Waals surface area contributed by atoms with Gasteiger partial charge < -0.3 is 9.94 Å². The highest BCUT2D eigenvalue weighted by atomic mass is 16.5. The molecule has 0 radical (unpaired) electrons. The van der Waals surface area contributed by atoms with Gasteiger partial charge in [0.2, 0.25) is 5.56 Å². The average Bonchev–Trinajstić information content (AvgIpc) is 2.10. The van der Waals surface area contributed by atoms with Gasteiger partial charge >= 0.3 is 0 Å². The van der Waals surface area contributed by atoms with Gasteiger partial charge in [-0.2, -0.15) is 0 Å². The molecule has 0 aliphatic rings. The Morgan fingerprint density at radius 2 is 1.94 bits per heavy atom. The van der Waals surface area contributed by atoms with Gasteiger partial charge in [0.05, 0.1) is 0 Å². The van der Waals surface area contributed by atoms with Crippen molar-refractivity contribution in [1.82, 2.24) is 4.73 Å². The van der Waals surface area contributed by atoms with Crippen LogP contribution in [0.3, 0.4) is 0 Å². The summed E-state index contributed by atoms with van der Waals surface area (Å²) in [6, 6.07) is 3.19. The van der Waals surface area contributed by atoms with Gasteiger partial charge in [-0.1, -0.05) is 27.7 Å². The van der Waals surface area contributed by atoms with Crippen LogP contribution in [0.25, 0.3) is 0 Å². The minimum atomic E-state index is -0.456. The molecule has 0 aromatic carbocycles. The first kappa shape index (κ1) is 13.8. The summed E-state index contributed by atoms with van der Waals surface area (Å²) in [6.07, 6.45) is 1.70. The SMILES string of the molecule is Cc1cc(CC(C)CC(C)(C)C)n([O-])c(=O)c1. The first-order valence-electron chi connectivity index (χ1n) is 6.09. The molecule has 0 spiro atoms. The maximum absolute atomic E-state index is 11.6.